The largest absolute Gasteiger partial charge is 0.465 e. The van der Waals surface area contributed by atoms with Crippen LogP contribution in [-0.4, -0.2) is 47.7 Å². The predicted octanol–water partition coefficient (Wildman–Crippen LogP) is 1.29. The molecule has 0 aromatic heterocycles. The van der Waals surface area contributed by atoms with Crippen molar-refractivity contribution < 1.29 is 14.7 Å². The molecule has 1 saturated heterocycles. The van der Waals surface area contributed by atoms with Crippen LogP contribution in [0.5, 0.6) is 0 Å². The van der Waals surface area contributed by atoms with Gasteiger partial charge in [-0.1, -0.05) is 12.1 Å². The van der Waals surface area contributed by atoms with Gasteiger partial charge in [-0.05, 0) is 18.1 Å². The van der Waals surface area contributed by atoms with E-state index in [2.05, 4.69) is 16.3 Å². The zero-order valence-electron chi connectivity index (χ0n) is 10.9. The van der Waals surface area contributed by atoms with Gasteiger partial charge in [0, 0.05) is 25.0 Å². The van der Waals surface area contributed by atoms with E-state index in [4.69, 9.17) is 0 Å². The zero-order chi connectivity index (χ0) is 13.9. The first kappa shape index (κ1) is 11.6. The average Bonchev–Trinajstić information content (AvgIpc) is 2.74. The van der Waals surface area contributed by atoms with E-state index in [0.29, 0.717) is 19.6 Å². The van der Waals surface area contributed by atoms with Crippen LogP contribution in [0.3, 0.4) is 0 Å². The zero-order valence-corrected chi connectivity index (χ0v) is 10.9. The molecule has 3 aliphatic heterocycles. The molecule has 1 fully saturated rings. The molecule has 6 nitrogen and oxygen atoms in total. The van der Waals surface area contributed by atoms with Crippen LogP contribution in [0.25, 0.3) is 0 Å². The monoisotopic (exact) mass is 273 g/mol. The van der Waals surface area contributed by atoms with Crippen LogP contribution < -0.4 is 10.2 Å². The van der Waals surface area contributed by atoms with Crippen LogP contribution in [0.15, 0.2) is 18.2 Å². The summed E-state index contributed by atoms with van der Waals surface area (Å²) in [5.41, 5.74) is 3.11. The smallest absolute Gasteiger partial charge is 0.407 e. The third-order valence-corrected chi connectivity index (χ3v) is 4.59. The van der Waals surface area contributed by atoms with Gasteiger partial charge >= 0.3 is 6.09 Å². The highest BCUT2D eigenvalue weighted by molar-refractivity contribution is 6.03. The lowest BCUT2D eigenvalue weighted by Gasteiger charge is -2.38. The number of benzene rings is 1. The molecule has 0 radical (unpaired) electrons. The van der Waals surface area contributed by atoms with Crippen molar-refractivity contribution in [2.45, 2.75) is 18.4 Å². The van der Waals surface area contributed by atoms with Gasteiger partial charge in [0.1, 0.15) is 0 Å². The van der Waals surface area contributed by atoms with E-state index in [-0.39, 0.29) is 17.9 Å². The second-order valence-electron chi connectivity index (χ2n) is 5.61. The fourth-order valence-corrected chi connectivity index (χ4v) is 3.78. The quantitative estimate of drug-likeness (QED) is 0.747. The molecule has 6 heteroatoms. The Kier molecular flexibility index (Phi) is 2.24. The number of anilines is 2. The van der Waals surface area contributed by atoms with Crippen LogP contribution in [0.4, 0.5) is 16.2 Å². The Bertz CT molecular complexity index is 616. The van der Waals surface area contributed by atoms with E-state index in [9.17, 15) is 14.7 Å². The summed E-state index contributed by atoms with van der Waals surface area (Å²) in [6.45, 7) is 1.43. The van der Waals surface area contributed by atoms with Gasteiger partial charge in [-0.15, -0.1) is 0 Å². The molecule has 2 N–H and O–H groups in total. The first-order valence-electron chi connectivity index (χ1n) is 6.82. The Morgan fingerprint density at radius 3 is 3.05 bits per heavy atom. The first-order chi connectivity index (χ1) is 9.65. The molecule has 20 heavy (non-hydrogen) atoms. The second-order valence-corrected chi connectivity index (χ2v) is 5.61. The third-order valence-electron chi connectivity index (χ3n) is 4.59. The van der Waals surface area contributed by atoms with Crippen molar-refractivity contribution in [3.8, 4) is 0 Å². The second kappa shape index (κ2) is 3.88. The number of carbonyl (C=O) groups excluding carboxylic acids is 1. The Morgan fingerprint density at radius 2 is 2.25 bits per heavy atom. The van der Waals surface area contributed by atoms with Crippen LogP contribution >= 0.6 is 0 Å². The lowest BCUT2D eigenvalue weighted by Crippen LogP contribution is -2.50. The number of nitrogens with one attached hydrogen (secondary N) is 1. The third kappa shape index (κ3) is 1.44. The molecule has 2 atom stereocenters. The van der Waals surface area contributed by atoms with Crippen molar-refractivity contribution in [1.82, 2.24) is 4.90 Å². The van der Waals surface area contributed by atoms with E-state index in [1.165, 1.54) is 10.5 Å². The van der Waals surface area contributed by atoms with Gasteiger partial charge in [0.05, 0.1) is 17.9 Å². The number of piperidine rings is 1. The summed E-state index contributed by atoms with van der Waals surface area (Å²) in [6, 6.07) is 6.14. The summed E-state index contributed by atoms with van der Waals surface area (Å²) in [7, 11) is 0. The van der Waals surface area contributed by atoms with Crippen molar-refractivity contribution in [2.24, 2.45) is 0 Å². The lowest BCUT2D eigenvalue weighted by atomic mass is 9.89. The van der Waals surface area contributed by atoms with Gasteiger partial charge in [0.15, 0.2) is 0 Å². The van der Waals surface area contributed by atoms with E-state index in [1.807, 2.05) is 12.1 Å². The first-order valence-corrected chi connectivity index (χ1v) is 6.82. The Hall–Kier alpha value is -2.24. The number of rotatable bonds is 0. The maximum absolute atomic E-state index is 11.8. The molecule has 4 rings (SSSR count). The number of nitrogens with zero attached hydrogens (tertiary/aromatic N) is 2. The molecule has 1 aromatic rings. The van der Waals surface area contributed by atoms with Gasteiger partial charge in [-0.2, -0.15) is 0 Å². The number of amides is 2. The van der Waals surface area contributed by atoms with E-state index in [0.717, 1.165) is 17.8 Å². The number of carbonyl (C=O) groups is 2. The Morgan fingerprint density at radius 1 is 1.40 bits per heavy atom. The molecule has 0 unspecified atom stereocenters. The summed E-state index contributed by atoms with van der Waals surface area (Å²) >= 11 is 0. The van der Waals surface area contributed by atoms with E-state index < -0.39 is 6.09 Å². The van der Waals surface area contributed by atoms with Crippen molar-refractivity contribution in [2.75, 3.05) is 29.9 Å². The Balaban J connectivity index is 1.78. The standard InChI is InChI=1S/C14H15N3O3/c18-12-7-17-11-4-5-16(14(19)20)6-9(11)8-2-1-3-10(15-12)13(8)17/h1-3,9,11H,4-7H2,(H,15,18)(H,19,20)/t9-,11-/m0/s1. The van der Waals surface area contributed by atoms with Crippen molar-refractivity contribution in [3.05, 3.63) is 23.8 Å². The number of para-hydroxylation sites is 1. The van der Waals surface area contributed by atoms with Gasteiger partial charge in [-0.25, -0.2) is 4.79 Å². The maximum Gasteiger partial charge on any atom is 0.407 e. The highest BCUT2D eigenvalue weighted by Crippen LogP contribution is 2.49. The molecule has 0 spiro atoms. The minimum Gasteiger partial charge on any atom is -0.465 e. The molecule has 3 heterocycles. The molecule has 0 bridgehead atoms. The summed E-state index contributed by atoms with van der Waals surface area (Å²) in [6.07, 6.45) is -0.0815. The normalized spacial score (nSPS) is 26.9. The number of hydrogen-bond donors (Lipinski definition) is 2. The molecule has 0 saturated carbocycles. The van der Waals surface area contributed by atoms with E-state index >= 15 is 0 Å². The number of fused-ring (bicyclic) bond motifs is 3. The highest BCUT2D eigenvalue weighted by Gasteiger charge is 2.45. The van der Waals surface area contributed by atoms with Crippen LogP contribution in [0, 0.1) is 0 Å². The van der Waals surface area contributed by atoms with Gasteiger partial charge < -0.3 is 20.2 Å². The van der Waals surface area contributed by atoms with Crippen molar-refractivity contribution in [3.63, 3.8) is 0 Å². The van der Waals surface area contributed by atoms with Crippen LogP contribution in [0.2, 0.25) is 0 Å². The number of hydrogen-bond acceptors (Lipinski definition) is 3. The number of likely N-dealkylation sites (tertiary alicyclic amines) is 1. The maximum atomic E-state index is 11.8. The fourth-order valence-electron chi connectivity index (χ4n) is 3.78. The van der Waals surface area contributed by atoms with Gasteiger partial charge in [0.2, 0.25) is 5.91 Å². The molecular formula is C14H15N3O3. The molecular weight excluding hydrogens is 258 g/mol. The molecule has 0 aliphatic carbocycles. The molecule has 104 valence electrons. The topological polar surface area (TPSA) is 72.9 Å². The molecule has 1 aromatic carbocycles. The Labute approximate surface area is 116 Å². The summed E-state index contributed by atoms with van der Waals surface area (Å²) in [4.78, 5) is 26.6. The lowest BCUT2D eigenvalue weighted by molar-refractivity contribution is -0.115. The van der Waals surface area contributed by atoms with Crippen molar-refractivity contribution >= 4 is 23.4 Å². The highest BCUT2D eigenvalue weighted by atomic mass is 16.4. The summed E-state index contributed by atoms with van der Waals surface area (Å²) in [5, 5.41) is 12.1. The van der Waals surface area contributed by atoms with Gasteiger partial charge in [0.25, 0.3) is 0 Å². The SMILES string of the molecule is O=C1CN2c3c(cccc3[C@@H]3CN(C(=O)O)CC[C@@H]32)N1. The van der Waals surface area contributed by atoms with E-state index in [1.54, 1.807) is 0 Å². The fraction of sp³-hybridized carbons (Fsp3) is 0.429. The average molecular weight is 273 g/mol. The van der Waals surface area contributed by atoms with Gasteiger partial charge in [-0.3, -0.25) is 4.79 Å². The van der Waals surface area contributed by atoms with Crippen LogP contribution in [0.1, 0.15) is 17.9 Å². The van der Waals surface area contributed by atoms with Crippen molar-refractivity contribution in [1.29, 1.82) is 0 Å². The summed E-state index contributed by atoms with van der Waals surface area (Å²) in [5.74, 6) is 0.179. The summed E-state index contributed by atoms with van der Waals surface area (Å²) < 4.78 is 0. The molecule has 2 amide bonds. The van der Waals surface area contributed by atoms with Crippen LogP contribution in [-0.2, 0) is 4.79 Å². The minimum atomic E-state index is -0.858. The minimum absolute atomic E-state index is 0.0102. The molecule has 3 aliphatic rings. The number of carboxylic acid groups (broad SMARTS) is 1. The predicted molar refractivity (Wildman–Crippen MR) is 73.2 cm³/mol.